The number of nitriles is 1. The molecule has 1 heterocycles. The molecule has 1 aromatic carbocycles. The molecule has 0 aliphatic rings. The SMILES string of the molecule is COc1ccc(CCc2ncn(C)c2C#N)cc1F. The molecule has 19 heavy (non-hydrogen) atoms. The van der Waals surface area contributed by atoms with Gasteiger partial charge in [-0.3, -0.25) is 0 Å². The van der Waals surface area contributed by atoms with E-state index in [-0.39, 0.29) is 11.6 Å². The lowest BCUT2D eigenvalue weighted by atomic mass is 10.1. The van der Waals surface area contributed by atoms with Crippen LogP contribution < -0.4 is 4.74 Å². The second kappa shape index (κ2) is 5.53. The van der Waals surface area contributed by atoms with Gasteiger partial charge in [0.05, 0.1) is 19.1 Å². The molecule has 0 spiro atoms. The fourth-order valence-electron chi connectivity index (χ4n) is 1.93. The first kappa shape index (κ1) is 13.1. The Kier molecular flexibility index (Phi) is 3.81. The largest absolute Gasteiger partial charge is 0.494 e. The third-order valence-electron chi connectivity index (χ3n) is 2.99. The van der Waals surface area contributed by atoms with E-state index >= 15 is 0 Å². The topological polar surface area (TPSA) is 50.8 Å². The molecule has 2 aromatic rings. The van der Waals surface area contributed by atoms with Crippen LogP contribution in [0.25, 0.3) is 0 Å². The van der Waals surface area contributed by atoms with Crippen molar-refractivity contribution in [3.05, 3.63) is 47.3 Å². The average molecular weight is 259 g/mol. The first-order valence-electron chi connectivity index (χ1n) is 5.88. The molecule has 0 unspecified atom stereocenters. The molecule has 0 bridgehead atoms. The standard InChI is InChI=1S/C14H14FN3O/c1-18-9-17-12(13(18)8-16)5-3-10-4-6-14(19-2)11(15)7-10/h4,6-7,9H,3,5H2,1-2H3. The van der Waals surface area contributed by atoms with Gasteiger partial charge in [-0.15, -0.1) is 0 Å². The van der Waals surface area contributed by atoms with Gasteiger partial charge < -0.3 is 9.30 Å². The minimum Gasteiger partial charge on any atom is -0.494 e. The summed E-state index contributed by atoms with van der Waals surface area (Å²) in [5.74, 6) is -0.138. The smallest absolute Gasteiger partial charge is 0.165 e. The third kappa shape index (κ3) is 2.74. The van der Waals surface area contributed by atoms with Crippen LogP contribution >= 0.6 is 0 Å². The maximum absolute atomic E-state index is 13.5. The number of aromatic nitrogens is 2. The van der Waals surface area contributed by atoms with Crippen LogP contribution in [0.3, 0.4) is 0 Å². The number of methoxy groups -OCH3 is 1. The number of imidazole rings is 1. The molecule has 98 valence electrons. The van der Waals surface area contributed by atoms with Crippen molar-refractivity contribution in [3.63, 3.8) is 0 Å². The lowest BCUT2D eigenvalue weighted by molar-refractivity contribution is 0.386. The van der Waals surface area contributed by atoms with Crippen molar-refractivity contribution in [2.75, 3.05) is 7.11 Å². The highest BCUT2D eigenvalue weighted by atomic mass is 19.1. The van der Waals surface area contributed by atoms with E-state index in [4.69, 9.17) is 10.00 Å². The number of nitrogens with zero attached hydrogens (tertiary/aromatic N) is 3. The van der Waals surface area contributed by atoms with Crippen molar-refractivity contribution >= 4 is 0 Å². The first-order valence-corrected chi connectivity index (χ1v) is 5.88. The van der Waals surface area contributed by atoms with E-state index in [1.807, 2.05) is 6.07 Å². The Morgan fingerprint density at radius 1 is 1.42 bits per heavy atom. The van der Waals surface area contributed by atoms with E-state index in [1.165, 1.54) is 13.2 Å². The van der Waals surface area contributed by atoms with Gasteiger partial charge in [0.1, 0.15) is 11.8 Å². The summed E-state index contributed by atoms with van der Waals surface area (Å²) in [7, 11) is 3.22. The molecule has 5 heteroatoms. The van der Waals surface area contributed by atoms with E-state index in [0.29, 0.717) is 18.5 Å². The van der Waals surface area contributed by atoms with Gasteiger partial charge in [0.15, 0.2) is 11.6 Å². The Bertz CT molecular complexity index is 628. The Balaban J connectivity index is 2.11. The zero-order valence-corrected chi connectivity index (χ0v) is 10.9. The van der Waals surface area contributed by atoms with Gasteiger partial charge in [0.2, 0.25) is 0 Å². The molecule has 1 aromatic heterocycles. The molecule has 0 saturated heterocycles. The maximum Gasteiger partial charge on any atom is 0.165 e. The molecule has 0 atom stereocenters. The van der Waals surface area contributed by atoms with Crippen LogP contribution in [0.15, 0.2) is 24.5 Å². The fraction of sp³-hybridized carbons (Fsp3) is 0.286. The van der Waals surface area contributed by atoms with Crippen LogP contribution in [0.2, 0.25) is 0 Å². The third-order valence-corrected chi connectivity index (χ3v) is 2.99. The van der Waals surface area contributed by atoms with Crippen LogP contribution in [0.4, 0.5) is 4.39 Å². The van der Waals surface area contributed by atoms with Crippen molar-refractivity contribution in [3.8, 4) is 11.8 Å². The molecule has 0 aliphatic carbocycles. The zero-order valence-electron chi connectivity index (χ0n) is 10.9. The van der Waals surface area contributed by atoms with Gasteiger partial charge in [0, 0.05) is 7.05 Å². The highest BCUT2D eigenvalue weighted by Gasteiger charge is 2.09. The summed E-state index contributed by atoms with van der Waals surface area (Å²) in [5.41, 5.74) is 2.14. The second-order valence-corrected chi connectivity index (χ2v) is 4.23. The molecule has 0 N–H and O–H groups in total. The molecular formula is C14H14FN3O. The molecule has 0 fully saturated rings. The predicted octanol–water partition coefficient (Wildman–Crippen LogP) is 2.22. The van der Waals surface area contributed by atoms with Crippen LogP contribution in [-0.2, 0) is 19.9 Å². The van der Waals surface area contributed by atoms with E-state index < -0.39 is 0 Å². The van der Waals surface area contributed by atoms with Crippen molar-refractivity contribution in [2.45, 2.75) is 12.8 Å². The van der Waals surface area contributed by atoms with Gasteiger partial charge >= 0.3 is 0 Å². The van der Waals surface area contributed by atoms with Crippen LogP contribution in [-0.4, -0.2) is 16.7 Å². The van der Waals surface area contributed by atoms with Gasteiger partial charge in [-0.05, 0) is 30.5 Å². The summed E-state index contributed by atoms with van der Waals surface area (Å²) < 4.78 is 20.1. The van der Waals surface area contributed by atoms with E-state index in [0.717, 1.165) is 11.3 Å². The number of rotatable bonds is 4. The van der Waals surface area contributed by atoms with E-state index in [1.54, 1.807) is 24.0 Å². The second-order valence-electron chi connectivity index (χ2n) is 4.23. The van der Waals surface area contributed by atoms with Crippen molar-refractivity contribution in [1.82, 2.24) is 9.55 Å². The van der Waals surface area contributed by atoms with Gasteiger partial charge in [-0.25, -0.2) is 9.37 Å². The summed E-state index contributed by atoms with van der Waals surface area (Å²) >= 11 is 0. The minimum atomic E-state index is -0.374. The predicted molar refractivity (Wildman–Crippen MR) is 68.3 cm³/mol. The van der Waals surface area contributed by atoms with Crippen molar-refractivity contribution in [2.24, 2.45) is 7.05 Å². The molecule has 4 nitrogen and oxygen atoms in total. The Hall–Kier alpha value is -2.35. The molecule has 0 radical (unpaired) electrons. The summed E-state index contributed by atoms with van der Waals surface area (Å²) in [6.07, 6.45) is 2.85. The van der Waals surface area contributed by atoms with E-state index in [2.05, 4.69) is 11.1 Å². The molecule has 2 rings (SSSR count). The molecular weight excluding hydrogens is 245 g/mol. The van der Waals surface area contributed by atoms with Crippen LogP contribution in [0, 0.1) is 17.1 Å². The number of ether oxygens (including phenoxy) is 1. The average Bonchev–Trinajstić information content (AvgIpc) is 2.77. The Labute approximate surface area is 111 Å². The quantitative estimate of drug-likeness (QED) is 0.846. The van der Waals surface area contributed by atoms with Crippen molar-refractivity contribution < 1.29 is 9.13 Å². The van der Waals surface area contributed by atoms with Gasteiger partial charge in [-0.2, -0.15) is 5.26 Å². The van der Waals surface area contributed by atoms with Gasteiger partial charge in [-0.1, -0.05) is 6.07 Å². The first-order chi connectivity index (χ1) is 9.15. The molecule has 0 saturated carbocycles. The highest BCUT2D eigenvalue weighted by Crippen LogP contribution is 2.19. The number of hydrogen-bond donors (Lipinski definition) is 0. The number of hydrogen-bond acceptors (Lipinski definition) is 3. The van der Waals surface area contributed by atoms with E-state index in [9.17, 15) is 4.39 Å². The minimum absolute atomic E-state index is 0.235. The summed E-state index contributed by atoms with van der Waals surface area (Å²) in [4.78, 5) is 4.18. The monoisotopic (exact) mass is 259 g/mol. The Morgan fingerprint density at radius 2 is 2.21 bits per heavy atom. The van der Waals surface area contributed by atoms with Crippen molar-refractivity contribution in [1.29, 1.82) is 5.26 Å². The molecule has 0 amide bonds. The highest BCUT2D eigenvalue weighted by molar-refractivity contribution is 5.31. The summed E-state index contributed by atoms with van der Waals surface area (Å²) in [6, 6.07) is 6.99. The fourth-order valence-corrected chi connectivity index (χ4v) is 1.93. The number of aryl methyl sites for hydroxylation is 3. The van der Waals surface area contributed by atoms with Crippen LogP contribution in [0.5, 0.6) is 5.75 Å². The Morgan fingerprint density at radius 3 is 2.84 bits per heavy atom. The zero-order chi connectivity index (χ0) is 13.8. The molecule has 0 aliphatic heterocycles. The van der Waals surface area contributed by atoms with Gasteiger partial charge in [0.25, 0.3) is 0 Å². The lowest BCUT2D eigenvalue weighted by Gasteiger charge is -2.04. The maximum atomic E-state index is 13.5. The lowest BCUT2D eigenvalue weighted by Crippen LogP contribution is -1.98. The summed E-state index contributed by atoms with van der Waals surface area (Å²) in [6.45, 7) is 0. The summed E-state index contributed by atoms with van der Waals surface area (Å²) in [5, 5.41) is 9.01. The normalized spacial score (nSPS) is 10.2. The number of benzene rings is 1. The van der Waals surface area contributed by atoms with Crippen LogP contribution in [0.1, 0.15) is 17.0 Å². The number of halogens is 1.